The van der Waals surface area contributed by atoms with E-state index in [1.165, 1.54) is 49.8 Å². The van der Waals surface area contributed by atoms with Gasteiger partial charge in [-0.3, -0.25) is 4.79 Å². The molecule has 0 bridgehead atoms. The number of carbonyl (C=O) groups excluding carboxylic acids is 1. The molecule has 1 aliphatic carbocycles. The summed E-state index contributed by atoms with van der Waals surface area (Å²) in [5, 5.41) is 2.53. The number of para-hydroxylation sites is 2. The predicted octanol–water partition coefficient (Wildman–Crippen LogP) is 5.35. The van der Waals surface area contributed by atoms with Gasteiger partial charge in [-0.05, 0) is 48.6 Å². The zero-order valence-corrected chi connectivity index (χ0v) is 15.0. The summed E-state index contributed by atoms with van der Waals surface area (Å²) in [6.45, 7) is -3.17. The highest BCUT2D eigenvalue weighted by Crippen LogP contribution is 2.33. The molecule has 1 saturated carbocycles. The molecule has 1 fully saturated rings. The summed E-state index contributed by atoms with van der Waals surface area (Å²) in [6.07, 6.45) is 6.32. The first-order valence-corrected chi connectivity index (χ1v) is 9.18. The lowest BCUT2D eigenvalue weighted by atomic mass is 9.84. The Morgan fingerprint density at radius 2 is 1.74 bits per heavy atom. The van der Waals surface area contributed by atoms with Gasteiger partial charge < -0.3 is 14.8 Å². The largest absolute Gasteiger partial charge is 0.484 e. The first-order chi connectivity index (χ1) is 13.1. The topological polar surface area (TPSA) is 47.6 Å². The van der Waals surface area contributed by atoms with Gasteiger partial charge in [0.25, 0.3) is 5.91 Å². The zero-order chi connectivity index (χ0) is 19.1. The maximum Gasteiger partial charge on any atom is 0.387 e. The van der Waals surface area contributed by atoms with E-state index in [1.807, 2.05) is 12.1 Å². The minimum Gasteiger partial charge on any atom is -0.484 e. The number of anilines is 1. The fraction of sp³-hybridized carbons (Fsp3) is 0.381. The fourth-order valence-corrected chi connectivity index (χ4v) is 3.38. The minimum absolute atomic E-state index is 0.0855. The van der Waals surface area contributed by atoms with Crippen LogP contribution in [0.15, 0.2) is 48.5 Å². The van der Waals surface area contributed by atoms with Crippen molar-refractivity contribution < 1.29 is 23.0 Å². The lowest BCUT2D eigenvalue weighted by molar-refractivity contribution is -0.118. The normalized spacial score (nSPS) is 14.8. The van der Waals surface area contributed by atoms with Crippen LogP contribution in [-0.2, 0) is 4.79 Å². The van der Waals surface area contributed by atoms with Crippen LogP contribution in [0.25, 0.3) is 0 Å². The monoisotopic (exact) mass is 375 g/mol. The van der Waals surface area contributed by atoms with Gasteiger partial charge in [-0.25, -0.2) is 0 Å². The molecular weight excluding hydrogens is 352 g/mol. The molecule has 6 heteroatoms. The van der Waals surface area contributed by atoms with Crippen molar-refractivity contribution in [3.05, 3.63) is 54.1 Å². The highest BCUT2D eigenvalue weighted by atomic mass is 19.3. The Bertz CT molecular complexity index is 743. The van der Waals surface area contributed by atoms with Gasteiger partial charge >= 0.3 is 6.61 Å². The summed E-state index contributed by atoms with van der Waals surface area (Å²) in [7, 11) is 0. The van der Waals surface area contributed by atoms with Crippen LogP contribution in [0.2, 0.25) is 0 Å². The lowest BCUT2D eigenvalue weighted by Crippen LogP contribution is -2.21. The van der Waals surface area contributed by atoms with E-state index in [0.29, 0.717) is 11.7 Å². The van der Waals surface area contributed by atoms with E-state index in [-0.39, 0.29) is 18.0 Å². The van der Waals surface area contributed by atoms with Gasteiger partial charge in [0, 0.05) is 0 Å². The number of nitrogens with one attached hydrogen (secondary N) is 1. The van der Waals surface area contributed by atoms with Crippen LogP contribution in [0.4, 0.5) is 14.5 Å². The van der Waals surface area contributed by atoms with E-state index < -0.39 is 12.5 Å². The molecule has 0 atom stereocenters. The Labute approximate surface area is 157 Å². The summed E-state index contributed by atoms with van der Waals surface area (Å²) >= 11 is 0. The Kier molecular flexibility index (Phi) is 6.63. The smallest absolute Gasteiger partial charge is 0.387 e. The molecule has 0 unspecified atom stereocenters. The summed E-state index contributed by atoms with van der Waals surface area (Å²) in [5.74, 6) is 0.679. The molecule has 0 aromatic heterocycles. The summed E-state index contributed by atoms with van der Waals surface area (Å²) in [4.78, 5) is 12.1. The molecule has 1 amide bonds. The van der Waals surface area contributed by atoms with Gasteiger partial charge in [0.1, 0.15) is 11.5 Å². The number of amides is 1. The SMILES string of the molecule is O=C(COc1ccc(C2CCCCC2)cc1)Nc1ccccc1OC(F)F. The second-order valence-corrected chi connectivity index (χ2v) is 6.62. The fourth-order valence-electron chi connectivity index (χ4n) is 3.38. The molecule has 0 saturated heterocycles. The Balaban J connectivity index is 1.52. The number of hydrogen-bond acceptors (Lipinski definition) is 3. The quantitative estimate of drug-likeness (QED) is 0.709. The average Bonchev–Trinajstić information content (AvgIpc) is 2.69. The van der Waals surface area contributed by atoms with Gasteiger partial charge in [0.2, 0.25) is 0 Å². The summed E-state index contributed by atoms with van der Waals surface area (Å²) < 4.78 is 34.7. The van der Waals surface area contributed by atoms with Crippen LogP contribution in [0.5, 0.6) is 11.5 Å². The number of halogens is 2. The molecule has 1 N–H and O–H groups in total. The van der Waals surface area contributed by atoms with Crippen molar-refractivity contribution in [1.29, 1.82) is 0 Å². The molecule has 0 aliphatic heterocycles. The van der Waals surface area contributed by atoms with Crippen LogP contribution in [0, 0.1) is 0 Å². The van der Waals surface area contributed by atoms with Gasteiger partial charge in [0.05, 0.1) is 5.69 Å². The molecule has 2 aromatic rings. The van der Waals surface area contributed by atoms with E-state index in [1.54, 1.807) is 12.1 Å². The number of alkyl halides is 2. The van der Waals surface area contributed by atoms with Gasteiger partial charge in [-0.1, -0.05) is 43.5 Å². The van der Waals surface area contributed by atoms with Crippen molar-refractivity contribution >= 4 is 11.6 Å². The zero-order valence-electron chi connectivity index (χ0n) is 15.0. The molecule has 0 radical (unpaired) electrons. The number of carbonyl (C=O) groups is 1. The maximum absolute atomic E-state index is 12.4. The third kappa shape index (κ3) is 5.67. The highest BCUT2D eigenvalue weighted by Gasteiger charge is 2.15. The van der Waals surface area contributed by atoms with E-state index >= 15 is 0 Å². The molecule has 0 heterocycles. The van der Waals surface area contributed by atoms with Crippen molar-refractivity contribution in [3.8, 4) is 11.5 Å². The van der Waals surface area contributed by atoms with Gasteiger partial charge in [-0.15, -0.1) is 0 Å². The lowest BCUT2D eigenvalue weighted by Gasteiger charge is -2.22. The maximum atomic E-state index is 12.4. The Morgan fingerprint density at radius 3 is 2.44 bits per heavy atom. The highest BCUT2D eigenvalue weighted by molar-refractivity contribution is 5.93. The number of rotatable bonds is 7. The van der Waals surface area contributed by atoms with E-state index in [4.69, 9.17) is 4.74 Å². The molecule has 4 nitrogen and oxygen atoms in total. The Hall–Kier alpha value is -2.63. The molecule has 2 aromatic carbocycles. The Morgan fingerprint density at radius 1 is 1.04 bits per heavy atom. The molecular formula is C21H23F2NO3. The van der Waals surface area contributed by atoms with Crippen molar-refractivity contribution in [2.45, 2.75) is 44.6 Å². The third-order valence-corrected chi connectivity index (χ3v) is 4.70. The van der Waals surface area contributed by atoms with Crippen LogP contribution >= 0.6 is 0 Å². The van der Waals surface area contributed by atoms with Gasteiger partial charge in [0.15, 0.2) is 6.61 Å². The van der Waals surface area contributed by atoms with Crippen LogP contribution in [0.3, 0.4) is 0 Å². The number of benzene rings is 2. The molecule has 0 spiro atoms. The standard InChI is InChI=1S/C21H23F2NO3/c22-21(23)27-19-9-5-4-8-18(19)24-20(25)14-26-17-12-10-16(11-13-17)15-6-2-1-3-7-15/h4-5,8-13,15,21H,1-3,6-7,14H2,(H,24,25). The average molecular weight is 375 g/mol. The van der Waals surface area contributed by atoms with Crippen LogP contribution in [-0.4, -0.2) is 19.1 Å². The van der Waals surface area contributed by atoms with E-state index in [2.05, 4.69) is 22.2 Å². The summed E-state index contributed by atoms with van der Waals surface area (Å²) in [5.41, 5.74) is 1.49. The van der Waals surface area contributed by atoms with Gasteiger partial charge in [-0.2, -0.15) is 8.78 Å². The summed E-state index contributed by atoms with van der Waals surface area (Å²) in [6, 6.07) is 13.9. The molecule has 1 aliphatic rings. The predicted molar refractivity (Wildman–Crippen MR) is 99.5 cm³/mol. The van der Waals surface area contributed by atoms with E-state index in [9.17, 15) is 13.6 Å². The third-order valence-electron chi connectivity index (χ3n) is 4.70. The van der Waals surface area contributed by atoms with Crippen LogP contribution in [0.1, 0.15) is 43.6 Å². The molecule has 3 rings (SSSR count). The van der Waals surface area contributed by atoms with Crippen molar-refractivity contribution in [1.82, 2.24) is 0 Å². The number of hydrogen-bond donors (Lipinski definition) is 1. The van der Waals surface area contributed by atoms with Crippen molar-refractivity contribution in [2.75, 3.05) is 11.9 Å². The first kappa shape index (κ1) is 19.1. The van der Waals surface area contributed by atoms with Crippen molar-refractivity contribution in [2.24, 2.45) is 0 Å². The van der Waals surface area contributed by atoms with E-state index in [0.717, 1.165) is 0 Å². The molecule has 144 valence electrons. The van der Waals surface area contributed by atoms with Crippen molar-refractivity contribution in [3.63, 3.8) is 0 Å². The second-order valence-electron chi connectivity index (χ2n) is 6.62. The minimum atomic E-state index is -2.96. The molecule has 27 heavy (non-hydrogen) atoms. The first-order valence-electron chi connectivity index (χ1n) is 9.18. The number of ether oxygens (including phenoxy) is 2. The van der Waals surface area contributed by atoms with Crippen LogP contribution < -0.4 is 14.8 Å². The second kappa shape index (κ2) is 9.35.